The molecule has 264 valence electrons. The number of rotatable bonds is 1. The highest BCUT2D eigenvalue weighted by atomic mass is 16.5. The van der Waals surface area contributed by atoms with Gasteiger partial charge < -0.3 is 29.6 Å². The molecule has 0 aliphatic carbocycles. The first kappa shape index (κ1) is 33.5. The van der Waals surface area contributed by atoms with Crippen molar-refractivity contribution in [2.45, 2.75) is 19.3 Å². The number of benzene rings is 4. The van der Waals surface area contributed by atoms with E-state index in [9.17, 15) is 0 Å². The highest BCUT2D eigenvalue weighted by molar-refractivity contribution is 5.85. The van der Waals surface area contributed by atoms with Crippen LogP contribution in [0.5, 0.6) is 23.0 Å². The zero-order chi connectivity index (χ0) is 35.7. The Bertz CT molecular complexity index is 2270. The molecule has 53 heavy (non-hydrogen) atoms. The Balaban J connectivity index is 1.19. The number of ether oxygens (including phenoxy) is 4. The second kappa shape index (κ2) is 16.1. The number of aromatic nitrogens is 4. The fourth-order valence-electron chi connectivity index (χ4n) is 6.07. The lowest BCUT2D eigenvalue weighted by molar-refractivity contribution is 0.321. The van der Waals surface area contributed by atoms with Gasteiger partial charge in [0.1, 0.15) is 29.6 Å². The Morgan fingerprint density at radius 2 is 1.17 bits per heavy atom. The van der Waals surface area contributed by atoms with E-state index in [1.54, 1.807) is 6.20 Å². The molecule has 2 aliphatic rings. The Hall–Kier alpha value is -6.68. The molecule has 2 aromatic heterocycles. The summed E-state index contributed by atoms with van der Waals surface area (Å²) in [5.41, 5.74) is 6.58. The zero-order valence-corrected chi connectivity index (χ0v) is 29.1. The molecule has 4 aromatic carbocycles. The standard InChI is InChI=1S/C43H38N6O4/c1-2-5-24-53-40-28-33(47-42-44-20-19-39(48-42)30-11-8-14-34(25-30)50-21-4-1)17-18-37(40)38-29-45-43-46-32-13-10-16-36(27-32)52-23-7-3-6-22-51-35-15-9-12-31(26-35)41(38)49-43/h1-3,7-20,25-29H,4-6,21-24H2,(H,44,47,48)(H,45,46,49)/b2-1+,7-3-. The van der Waals surface area contributed by atoms with Crippen LogP contribution in [0, 0.1) is 0 Å². The van der Waals surface area contributed by atoms with Crippen molar-refractivity contribution in [3.63, 3.8) is 0 Å². The van der Waals surface area contributed by atoms with Gasteiger partial charge in [-0.3, -0.25) is 0 Å². The van der Waals surface area contributed by atoms with Gasteiger partial charge in [-0.1, -0.05) is 54.6 Å². The Morgan fingerprint density at radius 1 is 0.509 bits per heavy atom. The molecule has 0 unspecified atom stereocenters. The van der Waals surface area contributed by atoms with Gasteiger partial charge >= 0.3 is 0 Å². The monoisotopic (exact) mass is 702 g/mol. The van der Waals surface area contributed by atoms with Crippen LogP contribution >= 0.6 is 0 Å². The second-order valence-corrected chi connectivity index (χ2v) is 12.4. The van der Waals surface area contributed by atoms with E-state index in [2.05, 4.69) is 33.8 Å². The molecular weight excluding hydrogens is 665 g/mol. The van der Waals surface area contributed by atoms with Crippen LogP contribution in [0.1, 0.15) is 19.3 Å². The van der Waals surface area contributed by atoms with Gasteiger partial charge in [-0.2, -0.15) is 0 Å². The van der Waals surface area contributed by atoms with Crippen LogP contribution in [-0.2, 0) is 0 Å². The van der Waals surface area contributed by atoms with Crippen LogP contribution < -0.4 is 29.6 Å². The first-order valence-corrected chi connectivity index (χ1v) is 17.7. The van der Waals surface area contributed by atoms with Crippen molar-refractivity contribution >= 4 is 23.3 Å². The molecule has 0 saturated carbocycles. The SMILES string of the molecule is C1=C\COc2cccc(c2)Nc2ncc(-c3ccc4cc3OCC/C=C/CCOc3cccc(c3)-c3ccnc(n3)N4)c(n2)-c2cccc(c2)OCC/1. The molecule has 0 atom stereocenters. The highest BCUT2D eigenvalue weighted by Gasteiger charge is 2.18. The zero-order valence-electron chi connectivity index (χ0n) is 29.1. The topological polar surface area (TPSA) is 113 Å². The van der Waals surface area contributed by atoms with Gasteiger partial charge in [-0.15, -0.1) is 0 Å². The van der Waals surface area contributed by atoms with Gasteiger partial charge in [0.25, 0.3) is 0 Å². The number of hydrogen-bond acceptors (Lipinski definition) is 10. The highest BCUT2D eigenvalue weighted by Crippen LogP contribution is 2.40. The van der Waals surface area contributed by atoms with Gasteiger partial charge in [0, 0.05) is 58.2 Å². The smallest absolute Gasteiger partial charge is 0.227 e. The summed E-state index contributed by atoms with van der Waals surface area (Å²) in [7, 11) is 0. The van der Waals surface area contributed by atoms with Crippen LogP contribution in [0.2, 0.25) is 0 Å². The van der Waals surface area contributed by atoms with Crippen molar-refractivity contribution in [1.82, 2.24) is 19.9 Å². The van der Waals surface area contributed by atoms with E-state index in [0.717, 1.165) is 81.5 Å². The maximum Gasteiger partial charge on any atom is 0.227 e. The van der Waals surface area contributed by atoms with Gasteiger partial charge in [0.15, 0.2) is 0 Å². The predicted octanol–water partition coefficient (Wildman–Crippen LogP) is 9.58. The fraction of sp³-hybridized carbons (Fsp3) is 0.163. The van der Waals surface area contributed by atoms with E-state index >= 15 is 0 Å². The molecule has 10 nitrogen and oxygen atoms in total. The van der Waals surface area contributed by atoms with Crippen molar-refractivity contribution in [2.24, 2.45) is 0 Å². The maximum atomic E-state index is 6.52. The van der Waals surface area contributed by atoms with Crippen molar-refractivity contribution in [2.75, 3.05) is 37.1 Å². The molecule has 0 saturated heterocycles. The van der Waals surface area contributed by atoms with Crippen molar-refractivity contribution in [3.8, 4) is 56.6 Å². The minimum Gasteiger partial charge on any atom is -0.493 e. The summed E-state index contributed by atoms with van der Waals surface area (Å²) in [6.07, 6.45) is 14.2. The van der Waals surface area contributed by atoms with Crippen molar-refractivity contribution in [3.05, 3.63) is 134 Å². The van der Waals surface area contributed by atoms with E-state index in [1.165, 1.54) is 0 Å². The normalized spacial score (nSPS) is 15.5. The van der Waals surface area contributed by atoms with E-state index in [0.29, 0.717) is 44.1 Å². The molecule has 0 amide bonds. The molecule has 6 aromatic rings. The number of hydrogen-bond donors (Lipinski definition) is 2. The summed E-state index contributed by atoms with van der Waals surface area (Å²) in [6, 6.07) is 31.6. The molecular formula is C43H38N6O4. The van der Waals surface area contributed by atoms with E-state index in [4.69, 9.17) is 33.9 Å². The minimum absolute atomic E-state index is 0.446. The number of nitrogens with zero attached hydrogens (tertiary/aromatic N) is 4. The summed E-state index contributed by atoms with van der Waals surface area (Å²) in [6.45, 7) is 2.03. The van der Waals surface area contributed by atoms with Gasteiger partial charge in [0.2, 0.25) is 11.9 Å². The summed E-state index contributed by atoms with van der Waals surface area (Å²) in [5.74, 6) is 3.89. The van der Waals surface area contributed by atoms with E-state index < -0.39 is 0 Å². The Morgan fingerprint density at radius 3 is 1.98 bits per heavy atom. The molecule has 0 radical (unpaired) electrons. The summed E-state index contributed by atoms with van der Waals surface area (Å²) < 4.78 is 24.6. The van der Waals surface area contributed by atoms with Crippen LogP contribution in [-0.4, -0.2) is 46.4 Å². The molecule has 0 fully saturated rings. The lowest BCUT2D eigenvalue weighted by atomic mass is 9.99. The molecule has 2 aliphatic heterocycles. The minimum atomic E-state index is 0.446. The third-order valence-corrected chi connectivity index (χ3v) is 8.63. The van der Waals surface area contributed by atoms with Gasteiger partial charge in [0.05, 0.1) is 31.2 Å². The largest absolute Gasteiger partial charge is 0.493 e. The lowest BCUT2D eigenvalue weighted by Gasteiger charge is -2.17. The summed E-state index contributed by atoms with van der Waals surface area (Å²) in [4.78, 5) is 19.2. The molecule has 2 N–H and O–H groups in total. The van der Waals surface area contributed by atoms with Crippen LogP contribution in [0.15, 0.2) is 134 Å². The molecule has 12 bridgehead atoms. The number of anilines is 4. The number of fused-ring (bicyclic) bond motifs is 14. The molecule has 4 heterocycles. The third kappa shape index (κ3) is 8.45. The van der Waals surface area contributed by atoms with Crippen LogP contribution in [0.4, 0.5) is 23.3 Å². The van der Waals surface area contributed by atoms with Gasteiger partial charge in [-0.25, -0.2) is 19.9 Å². The first-order valence-electron chi connectivity index (χ1n) is 17.7. The average molecular weight is 703 g/mol. The van der Waals surface area contributed by atoms with Crippen molar-refractivity contribution < 1.29 is 18.9 Å². The second-order valence-electron chi connectivity index (χ2n) is 12.4. The van der Waals surface area contributed by atoms with Crippen LogP contribution in [0.3, 0.4) is 0 Å². The summed E-state index contributed by atoms with van der Waals surface area (Å²) in [5, 5.41) is 6.75. The van der Waals surface area contributed by atoms with Crippen molar-refractivity contribution in [1.29, 1.82) is 0 Å². The Kier molecular flexibility index (Phi) is 10.2. The Labute approximate surface area is 308 Å². The number of nitrogens with one attached hydrogen (secondary N) is 2. The molecule has 0 spiro atoms. The third-order valence-electron chi connectivity index (χ3n) is 8.63. The van der Waals surface area contributed by atoms with Gasteiger partial charge in [-0.05, 0) is 73.9 Å². The van der Waals surface area contributed by atoms with E-state index in [-0.39, 0.29) is 0 Å². The summed E-state index contributed by atoms with van der Waals surface area (Å²) >= 11 is 0. The predicted molar refractivity (Wildman–Crippen MR) is 207 cm³/mol. The average Bonchev–Trinajstić information content (AvgIpc) is 3.19. The lowest BCUT2D eigenvalue weighted by Crippen LogP contribution is -2.04. The maximum absolute atomic E-state index is 6.52. The van der Waals surface area contributed by atoms with Crippen LogP contribution in [0.25, 0.3) is 33.6 Å². The quantitative estimate of drug-likeness (QED) is 0.161. The fourth-order valence-corrected chi connectivity index (χ4v) is 6.07. The first-order chi connectivity index (χ1) is 26.2. The van der Waals surface area contributed by atoms with E-state index in [1.807, 2.05) is 109 Å². The molecule has 10 heteroatoms. The molecule has 8 rings (SSSR count).